The van der Waals surface area contributed by atoms with Crippen molar-refractivity contribution < 1.29 is 17.9 Å². The third kappa shape index (κ3) is 6.31. The quantitative estimate of drug-likeness (QED) is 0.573. The Labute approximate surface area is 176 Å². The molecular weight excluding hydrogens is 500 g/mol. The van der Waals surface area contributed by atoms with Gasteiger partial charge in [0.25, 0.3) is 5.91 Å². The van der Waals surface area contributed by atoms with Crippen molar-refractivity contribution in [2.75, 3.05) is 11.9 Å². The smallest absolute Gasteiger partial charge is 0.262 e. The van der Waals surface area contributed by atoms with Crippen LogP contribution in [0.1, 0.15) is 19.4 Å². The van der Waals surface area contributed by atoms with Crippen LogP contribution in [0.3, 0.4) is 0 Å². The highest BCUT2D eigenvalue weighted by Crippen LogP contribution is 2.32. The molecule has 0 saturated carbocycles. The maximum Gasteiger partial charge on any atom is 0.262 e. The minimum Gasteiger partial charge on any atom is -0.482 e. The second-order valence-corrected chi connectivity index (χ2v) is 9.65. The van der Waals surface area contributed by atoms with Crippen LogP contribution >= 0.6 is 31.9 Å². The van der Waals surface area contributed by atoms with Gasteiger partial charge in [-0.25, -0.2) is 13.1 Å². The van der Waals surface area contributed by atoms with Gasteiger partial charge in [0.05, 0.1) is 9.37 Å². The summed E-state index contributed by atoms with van der Waals surface area (Å²) in [7, 11) is -3.56. The minimum absolute atomic E-state index is 0.139. The van der Waals surface area contributed by atoms with Crippen molar-refractivity contribution in [2.45, 2.75) is 31.7 Å². The van der Waals surface area contributed by atoms with Crippen LogP contribution in [0.2, 0.25) is 0 Å². The van der Waals surface area contributed by atoms with E-state index in [1.165, 1.54) is 24.3 Å². The third-order valence-electron chi connectivity index (χ3n) is 3.38. The molecule has 9 heteroatoms. The molecule has 2 aromatic carbocycles. The first-order chi connectivity index (χ1) is 12.6. The molecule has 2 rings (SSSR count). The summed E-state index contributed by atoms with van der Waals surface area (Å²) in [6, 6.07) is 9.48. The summed E-state index contributed by atoms with van der Waals surface area (Å²) in [5.41, 5.74) is 1.37. The average molecular weight is 520 g/mol. The van der Waals surface area contributed by atoms with Gasteiger partial charge in [0.15, 0.2) is 6.61 Å². The summed E-state index contributed by atoms with van der Waals surface area (Å²) in [6.07, 6.45) is 0. The number of anilines is 1. The first-order valence-electron chi connectivity index (χ1n) is 8.09. The van der Waals surface area contributed by atoms with Crippen LogP contribution in [-0.2, 0) is 14.8 Å². The largest absolute Gasteiger partial charge is 0.482 e. The van der Waals surface area contributed by atoms with Crippen molar-refractivity contribution in [2.24, 2.45) is 0 Å². The summed E-state index contributed by atoms with van der Waals surface area (Å²) in [4.78, 5) is 12.3. The minimum atomic E-state index is -3.56. The number of benzene rings is 2. The molecule has 0 aliphatic heterocycles. The fourth-order valence-corrected chi connectivity index (χ4v) is 5.11. The molecule has 0 aliphatic rings. The van der Waals surface area contributed by atoms with Crippen LogP contribution in [0.15, 0.2) is 50.2 Å². The SMILES string of the molecule is Cc1cc(Br)cc(Br)c1OCC(=O)Nc1ccc(S(=O)(=O)NC(C)C)cc1. The Hall–Kier alpha value is -1.42. The van der Waals surface area contributed by atoms with Gasteiger partial charge in [0, 0.05) is 16.2 Å². The van der Waals surface area contributed by atoms with E-state index in [-0.39, 0.29) is 23.5 Å². The molecule has 0 aromatic heterocycles. The Morgan fingerprint density at radius 2 is 1.78 bits per heavy atom. The highest BCUT2D eigenvalue weighted by Gasteiger charge is 2.15. The normalized spacial score (nSPS) is 11.5. The van der Waals surface area contributed by atoms with Crippen molar-refractivity contribution in [1.29, 1.82) is 0 Å². The number of rotatable bonds is 7. The molecule has 0 atom stereocenters. The van der Waals surface area contributed by atoms with E-state index in [0.29, 0.717) is 11.4 Å². The second-order valence-electron chi connectivity index (χ2n) is 6.17. The van der Waals surface area contributed by atoms with Crippen molar-refractivity contribution >= 4 is 53.5 Å². The monoisotopic (exact) mass is 518 g/mol. The van der Waals surface area contributed by atoms with Crippen LogP contribution < -0.4 is 14.8 Å². The number of hydrogen-bond acceptors (Lipinski definition) is 4. The van der Waals surface area contributed by atoms with E-state index in [1.807, 2.05) is 19.1 Å². The van der Waals surface area contributed by atoms with Gasteiger partial charge in [0.2, 0.25) is 10.0 Å². The van der Waals surface area contributed by atoms with Gasteiger partial charge in [0.1, 0.15) is 5.75 Å². The molecule has 2 N–H and O–H groups in total. The molecule has 2 aromatic rings. The standard InChI is InChI=1S/C18H20Br2N2O4S/c1-11(2)22-27(24,25)15-6-4-14(5-7-15)21-17(23)10-26-18-12(3)8-13(19)9-16(18)20/h4-9,11,22H,10H2,1-3H3,(H,21,23). The van der Waals surface area contributed by atoms with Gasteiger partial charge in [-0.15, -0.1) is 0 Å². The van der Waals surface area contributed by atoms with Crippen molar-refractivity contribution in [3.63, 3.8) is 0 Å². The van der Waals surface area contributed by atoms with Crippen LogP contribution in [-0.4, -0.2) is 27.0 Å². The first kappa shape index (κ1) is 21.9. The molecule has 6 nitrogen and oxygen atoms in total. The van der Waals surface area contributed by atoms with Gasteiger partial charge < -0.3 is 10.1 Å². The Morgan fingerprint density at radius 1 is 1.15 bits per heavy atom. The number of ether oxygens (including phenoxy) is 1. The third-order valence-corrected chi connectivity index (χ3v) is 6.10. The van der Waals surface area contributed by atoms with Gasteiger partial charge in [-0.05, 0) is 78.7 Å². The summed E-state index contributed by atoms with van der Waals surface area (Å²) in [6.45, 7) is 5.21. The number of halogens is 2. The molecule has 0 heterocycles. The van der Waals surface area contributed by atoms with Gasteiger partial charge >= 0.3 is 0 Å². The van der Waals surface area contributed by atoms with E-state index in [4.69, 9.17) is 4.74 Å². The summed E-state index contributed by atoms with van der Waals surface area (Å²) in [5.74, 6) is 0.245. The Morgan fingerprint density at radius 3 is 2.33 bits per heavy atom. The van der Waals surface area contributed by atoms with Crippen LogP contribution in [0.25, 0.3) is 0 Å². The lowest BCUT2D eigenvalue weighted by Crippen LogP contribution is -2.30. The van der Waals surface area contributed by atoms with Crippen LogP contribution in [0.4, 0.5) is 5.69 Å². The predicted octanol–water partition coefficient (Wildman–Crippen LogP) is 4.22. The van der Waals surface area contributed by atoms with E-state index < -0.39 is 10.0 Å². The Kier molecular flexibility index (Phi) is 7.44. The Balaban J connectivity index is 1.99. The molecule has 0 aliphatic carbocycles. The van der Waals surface area contributed by atoms with E-state index >= 15 is 0 Å². The van der Waals surface area contributed by atoms with Crippen molar-refractivity contribution in [3.8, 4) is 5.75 Å². The van der Waals surface area contributed by atoms with Gasteiger partial charge in [-0.1, -0.05) is 15.9 Å². The molecular formula is C18H20Br2N2O4S. The molecule has 27 heavy (non-hydrogen) atoms. The van der Waals surface area contributed by atoms with Crippen molar-refractivity contribution in [3.05, 3.63) is 50.9 Å². The fraction of sp³-hybridized carbons (Fsp3) is 0.278. The first-order valence-corrected chi connectivity index (χ1v) is 11.2. The molecule has 146 valence electrons. The lowest BCUT2D eigenvalue weighted by Gasteiger charge is -2.12. The van der Waals surface area contributed by atoms with Crippen LogP contribution in [0.5, 0.6) is 5.75 Å². The highest BCUT2D eigenvalue weighted by molar-refractivity contribution is 9.11. The zero-order valence-electron chi connectivity index (χ0n) is 15.0. The molecule has 0 saturated heterocycles. The van der Waals surface area contributed by atoms with E-state index in [2.05, 4.69) is 41.9 Å². The lowest BCUT2D eigenvalue weighted by atomic mass is 10.2. The number of nitrogens with one attached hydrogen (secondary N) is 2. The zero-order valence-corrected chi connectivity index (χ0v) is 19.0. The van der Waals surface area contributed by atoms with Crippen molar-refractivity contribution in [1.82, 2.24) is 4.72 Å². The number of carbonyl (C=O) groups is 1. The summed E-state index contributed by atoms with van der Waals surface area (Å²) < 4.78 is 33.9. The zero-order chi connectivity index (χ0) is 20.2. The van der Waals surface area contributed by atoms with E-state index in [9.17, 15) is 13.2 Å². The van der Waals surface area contributed by atoms with E-state index in [0.717, 1.165) is 14.5 Å². The topological polar surface area (TPSA) is 84.5 Å². The molecule has 1 amide bonds. The number of carbonyl (C=O) groups excluding carboxylic acids is 1. The Bertz CT molecular complexity index is 906. The highest BCUT2D eigenvalue weighted by atomic mass is 79.9. The average Bonchev–Trinajstić information content (AvgIpc) is 2.53. The second kappa shape index (κ2) is 9.18. The number of hydrogen-bond donors (Lipinski definition) is 2. The predicted molar refractivity (Wildman–Crippen MR) is 113 cm³/mol. The molecule has 0 spiro atoms. The summed E-state index contributed by atoms with van der Waals surface area (Å²) >= 11 is 6.80. The molecule has 0 bridgehead atoms. The fourth-order valence-electron chi connectivity index (χ4n) is 2.30. The number of amides is 1. The van der Waals surface area contributed by atoms with Gasteiger partial charge in [-0.3, -0.25) is 4.79 Å². The number of sulfonamides is 1. The van der Waals surface area contributed by atoms with Gasteiger partial charge in [-0.2, -0.15) is 0 Å². The summed E-state index contributed by atoms with van der Waals surface area (Å²) in [5, 5.41) is 2.68. The molecule has 0 radical (unpaired) electrons. The number of aryl methyl sites for hydroxylation is 1. The lowest BCUT2D eigenvalue weighted by molar-refractivity contribution is -0.118. The maximum atomic E-state index is 12.1. The maximum absolute atomic E-state index is 12.1. The molecule has 0 fully saturated rings. The van der Waals surface area contributed by atoms with Crippen LogP contribution in [0, 0.1) is 6.92 Å². The molecule has 0 unspecified atom stereocenters. The van der Waals surface area contributed by atoms with E-state index in [1.54, 1.807) is 13.8 Å².